The van der Waals surface area contributed by atoms with Gasteiger partial charge in [0.1, 0.15) is 0 Å². The van der Waals surface area contributed by atoms with Gasteiger partial charge >= 0.3 is 0 Å². The number of nitrogens with one attached hydrogen (secondary N) is 1. The molecule has 3 rings (SSSR count). The quantitative estimate of drug-likeness (QED) is 0.741. The fourth-order valence-corrected chi connectivity index (χ4v) is 4.91. The summed E-state index contributed by atoms with van der Waals surface area (Å²) in [6, 6.07) is 7.39. The number of amides is 1. The molecule has 2 aliphatic heterocycles. The highest BCUT2D eigenvalue weighted by molar-refractivity contribution is 7.89. The molecule has 0 aliphatic carbocycles. The molecule has 0 aromatic heterocycles. The number of carbonyl (C=O) groups is 1. The lowest BCUT2D eigenvalue weighted by molar-refractivity contribution is 0.0540. The highest BCUT2D eigenvalue weighted by atomic mass is 32.2. The molecule has 8 heteroatoms. The summed E-state index contributed by atoms with van der Waals surface area (Å²) in [5, 5.41) is 3.16. The van der Waals surface area contributed by atoms with Crippen LogP contribution in [0.2, 0.25) is 0 Å². The van der Waals surface area contributed by atoms with Crippen molar-refractivity contribution in [3.63, 3.8) is 0 Å². The molecule has 150 valence electrons. The summed E-state index contributed by atoms with van der Waals surface area (Å²) in [7, 11) is -3.38. The number of nitrogens with zero attached hydrogens (tertiary/aromatic N) is 2. The average molecular weight is 396 g/mol. The average Bonchev–Trinajstić information content (AvgIpc) is 3.19. The lowest BCUT2D eigenvalue weighted by Crippen LogP contribution is -2.49. The van der Waals surface area contributed by atoms with Crippen LogP contribution in [-0.4, -0.2) is 81.3 Å². The Hall–Kier alpha value is -1.48. The van der Waals surface area contributed by atoms with E-state index >= 15 is 0 Å². The van der Waals surface area contributed by atoms with Crippen molar-refractivity contribution < 1.29 is 17.9 Å². The molecule has 1 aromatic carbocycles. The second-order valence-electron chi connectivity index (χ2n) is 7.22. The molecule has 0 radical (unpaired) electrons. The maximum atomic E-state index is 13.0. The molecule has 1 amide bonds. The zero-order chi connectivity index (χ0) is 19.3. The predicted octanol–water partition coefficient (Wildman–Crippen LogP) is 0.851. The van der Waals surface area contributed by atoms with Crippen molar-refractivity contribution in [2.75, 3.05) is 51.6 Å². The summed E-state index contributed by atoms with van der Waals surface area (Å²) in [5.74, 6) is -0.196. The maximum absolute atomic E-state index is 13.0. The van der Waals surface area contributed by atoms with Crippen molar-refractivity contribution in [3.8, 4) is 0 Å². The first-order chi connectivity index (χ1) is 13.0. The van der Waals surface area contributed by atoms with Gasteiger partial charge in [0.25, 0.3) is 5.91 Å². The van der Waals surface area contributed by atoms with Crippen LogP contribution in [0.5, 0.6) is 0 Å². The fourth-order valence-electron chi connectivity index (χ4n) is 3.47. The van der Waals surface area contributed by atoms with E-state index in [2.05, 4.69) is 5.32 Å². The van der Waals surface area contributed by atoms with Crippen LogP contribution < -0.4 is 5.32 Å². The van der Waals surface area contributed by atoms with Crippen LogP contribution in [0.25, 0.3) is 0 Å². The van der Waals surface area contributed by atoms with Crippen molar-refractivity contribution in [1.82, 2.24) is 14.5 Å². The number of sulfonamides is 1. The van der Waals surface area contributed by atoms with Gasteiger partial charge < -0.3 is 15.0 Å². The minimum Gasteiger partial charge on any atom is -0.376 e. The summed E-state index contributed by atoms with van der Waals surface area (Å²) in [6.07, 6.45) is 1.87. The van der Waals surface area contributed by atoms with E-state index in [1.54, 1.807) is 17.0 Å². The monoisotopic (exact) mass is 395 g/mol. The Morgan fingerprint density at radius 2 is 1.96 bits per heavy atom. The van der Waals surface area contributed by atoms with E-state index in [1.807, 2.05) is 19.1 Å². The molecule has 0 spiro atoms. The van der Waals surface area contributed by atoms with E-state index in [9.17, 15) is 13.2 Å². The Balaban J connectivity index is 1.69. The smallest absolute Gasteiger partial charge is 0.253 e. The van der Waals surface area contributed by atoms with Gasteiger partial charge in [0, 0.05) is 51.4 Å². The first-order valence-corrected chi connectivity index (χ1v) is 11.2. The number of rotatable bonds is 7. The van der Waals surface area contributed by atoms with E-state index in [4.69, 9.17) is 4.74 Å². The fraction of sp³-hybridized carbons (Fsp3) is 0.632. The molecule has 2 saturated heterocycles. The van der Waals surface area contributed by atoms with Gasteiger partial charge in [-0.1, -0.05) is 17.7 Å². The molecule has 7 nitrogen and oxygen atoms in total. The Morgan fingerprint density at radius 3 is 2.59 bits per heavy atom. The van der Waals surface area contributed by atoms with Gasteiger partial charge in [0.2, 0.25) is 10.0 Å². The van der Waals surface area contributed by atoms with Crippen LogP contribution in [0, 0.1) is 6.92 Å². The van der Waals surface area contributed by atoms with Crippen LogP contribution in [0.3, 0.4) is 0 Å². The van der Waals surface area contributed by atoms with Gasteiger partial charge in [-0.2, -0.15) is 4.31 Å². The second-order valence-corrected chi connectivity index (χ2v) is 9.31. The normalized spacial score (nSPS) is 21.3. The topological polar surface area (TPSA) is 79.0 Å². The van der Waals surface area contributed by atoms with Crippen molar-refractivity contribution in [2.24, 2.45) is 0 Å². The van der Waals surface area contributed by atoms with E-state index in [0.717, 1.165) is 18.4 Å². The number of benzene rings is 1. The minimum atomic E-state index is -3.38. The molecule has 2 aliphatic rings. The number of aryl methyl sites for hydroxylation is 1. The first-order valence-electron chi connectivity index (χ1n) is 9.62. The molecule has 0 saturated carbocycles. The summed E-state index contributed by atoms with van der Waals surface area (Å²) in [5.41, 5.74) is 1.66. The van der Waals surface area contributed by atoms with Crippen LogP contribution in [0.15, 0.2) is 24.3 Å². The van der Waals surface area contributed by atoms with Gasteiger partial charge in [0.05, 0.1) is 11.9 Å². The molecule has 0 unspecified atom stereocenters. The minimum absolute atomic E-state index is 0.0127. The van der Waals surface area contributed by atoms with Gasteiger partial charge in [-0.15, -0.1) is 0 Å². The Bertz CT molecular complexity index is 724. The van der Waals surface area contributed by atoms with Crippen molar-refractivity contribution >= 4 is 15.9 Å². The zero-order valence-corrected chi connectivity index (χ0v) is 16.7. The molecule has 1 aromatic rings. The summed E-state index contributed by atoms with van der Waals surface area (Å²) >= 11 is 0. The molecule has 27 heavy (non-hydrogen) atoms. The number of hydrogen-bond acceptors (Lipinski definition) is 5. The molecule has 1 atom stereocenters. The summed E-state index contributed by atoms with van der Waals surface area (Å²) < 4.78 is 32.5. The van der Waals surface area contributed by atoms with Gasteiger partial charge in [-0.05, 0) is 31.9 Å². The third-order valence-electron chi connectivity index (χ3n) is 5.12. The molecule has 2 heterocycles. The SMILES string of the molecule is Cc1ccc(C(=O)N(CCS(=O)(=O)N2CCNCC2)C[C@@H]2CCCO2)cc1. The lowest BCUT2D eigenvalue weighted by atomic mass is 10.1. The molecular formula is C19H29N3O4S. The number of piperazine rings is 1. The van der Waals surface area contributed by atoms with Crippen LogP contribution >= 0.6 is 0 Å². The van der Waals surface area contributed by atoms with Gasteiger partial charge in [-0.3, -0.25) is 4.79 Å². The van der Waals surface area contributed by atoms with Crippen molar-refractivity contribution in [2.45, 2.75) is 25.9 Å². The molecule has 2 fully saturated rings. The third-order valence-corrected chi connectivity index (χ3v) is 6.97. The summed E-state index contributed by atoms with van der Waals surface area (Å²) in [4.78, 5) is 14.6. The standard InChI is InChI=1S/C19H29N3O4S/c1-16-4-6-17(7-5-16)19(23)21(15-18-3-2-13-26-18)12-14-27(24,25)22-10-8-20-9-11-22/h4-7,18,20H,2-3,8-15H2,1H3/t18-/m0/s1. The first kappa shape index (κ1) is 20.3. The molecule has 1 N–H and O–H groups in total. The number of hydrogen-bond donors (Lipinski definition) is 1. The van der Waals surface area contributed by atoms with E-state index in [-0.39, 0.29) is 24.3 Å². The summed E-state index contributed by atoms with van der Waals surface area (Å²) in [6.45, 7) is 5.60. The number of carbonyl (C=O) groups excluding carboxylic acids is 1. The molecule has 0 bridgehead atoms. The zero-order valence-electron chi connectivity index (χ0n) is 15.9. The Morgan fingerprint density at radius 1 is 1.26 bits per heavy atom. The van der Waals surface area contributed by atoms with E-state index < -0.39 is 10.0 Å². The highest BCUT2D eigenvalue weighted by Crippen LogP contribution is 2.16. The van der Waals surface area contributed by atoms with Crippen molar-refractivity contribution in [1.29, 1.82) is 0 Å². The van der Waals surface area contributed by atoms with E-state index in [1.165, 1.54) is 4.31 Å². The van der Waals surface area contributed by atoms with Crippen LogP contribution in [0.4, 0.5) is 0 Å². The Kier molecular flexibility index (Phi) is 6.86. The second kappa shape index (κ2) is 9.14. The maximum Gasteiger partial charge on any atom is 0.253 e. The predicted molar refractivity (Wildman–Crippen MR) is 104 cm³/mol. The highest BCUT2D eigenvalue weighted by Gasteiger charge is 2.28. The largest absolute Gasteiger partial charge is 0.376 e. The van der Waals surface area contributed by atoms with Gasteiger partial charge in [0.15, 0.2) is 0 Å². The number of ether oxygens (including phenoxy) is 1. The van der Waals surface area contributed by atoms with Crippen molar-refractivity contribution in [3.05, 3.63) is 35.4 Å². The van der Waals surface area contributed by atoms with Crippen LogP contribution in [-0.2, 0) is 14.8 Å². The van der Waals surface area contributed by atoms with Gasteiger partial charge in [-0.25, -0.2) is 8.42 Å². The van der Waals surface area contributed by atoms with Crippen LogP contribution in [0.1, 0.15) is 28.8 Å². The van der Waals surface area contributed by atoms with E-state index in [0.29, 0.717) is 44.9 Å². The lowest BCUT2D eigenvalue weighted by Gasteiger charge is -2.29. The molecular weight excluding hydrogens is 366 g/mol. The Labute approximate surface area is 161 Å². The third kappa shape index (κ3) is 5.51.